The zero-order chi connectivity index (χ0) is 13.3. The third-order valence-corrected chi connectivity index (χ3v) is 5.32. The third-order valence-electron chi connectivity index (χ3n) is 4.71. The van der Waals surface area contributed by atoms with E-state index < -0.39 is 0 Å². The van der Waals surface area contributed by atoms with Crippen molar-refractivity contribution in [3.63, 3.8) is 0 Å². The van der Waals surface area contributed by atoms with E-state index in [9.17, 15) is 0 Å². The van der Waals surface area contributed by atoms with Gasteiger partial charge in [-0.15, -0.1) is 11.6 Å². The van der Waals surface area contributed by atoms with Gasteiger partial charge in [0.1, 0.15) is 11.9 Å². The van der Waals surface area contributed by atoms with E-state index in [-0.39, 0.29) is 5.41 Å². The molecule has 2 aliphatic rings. The first-order chi connectivity index (χ1) is 9.24. The lowest BCUT2D eigenvalue weighted by Gasteiger charge is -2.50. The number of ether oxygens (including phenoxy) is 2. The van der Waals surface area contributed by atoms with Gasteiger partial charge < -0.3 is 9.47 Å². The van der Waals surface area contributed by atoms with Crippen molar-refractivity contribution in [2.75, 3.05) is 7.11 Å². The summed E-state index contributed by atoms with van der Waals surface area (Å²) in [6, 6.07) is 8.20. The van der Waals surface area contributed by atoms with E-state index in [2.05, 4.69) is 12.1 Å². The SMILES string of the molecule is COCc1cccc(OC2CC(Cl)C23CCCC3)c1. The molecular formula is C16H21ClO2. The number of rotatable bonds is 4. The summed E-state index contributed by atoms with van der Waals surface area (Å²) >= 11 is 6.45. The molecule has 2 nitrogen and oxygen atoms in total. The third kappa shape index (κ3) is 2.36. The maximum Gasteiger partial charge on any atom is 0.120 e. The lowest BCUT2D eigenvalue weighted by molar-refractivity contribution is -0.0356. The van der Waals surface area contributed by atoms with Crippen LogP contribution < -0.4 is 4.74 Å². The summed E-state index contributed by atoms with van der Waals surface area (Å²) in [6.45, 7) is 0.630. The highest BCUT2D eigenvalue weighted by Crippen LogP contribution is 2.57. The molecule has 2 unspecified atom stereocenters. The van der Waals surface area contributed by atoms with Crippen LogP contribution in [-0.2, 0) is 11.3 Å². The van der Waals surface area contributed by atoms with Gasteiger partial charge in [-0.1, -0.05) is 25.0 Å². The Balaban J connectivity index is 1.70. The second-order valence-corrected chi connectivity index (χ2v) is 6.36. The van der Waals surface area contributed by atoms with Crippen LogP contribution in [0.5, 0.6) is 5.75 Å². The van der Waals surface area contributed by atoms with E-state index in [1.54, 1.807) is 7.11 Å². The molecule has 2 fully saturated rings. The Morgan fingerprint density at radius 3 is 2.79 bits per heavy atom. The Morgan fingerprint density at radius 1 is 1.32 bits per heavy atom. The van der Waals surface area contributed by atoms with Gasteiger partial charge in [0.05, 0.1) is 6.61 Å². The molecule has 2 atom stereocenters. The number of benzene rings is 1. The van der Waals surface area contributed by atoms with Gasteiger partial charge >= 0.3 is 0 Å². The Labute approximate surface area is 120 Å². The zero-order valence-corrected chi connectivity index (χ0v) is 12.2. The average Bonchev–Trinajstić information content (AvgIpc) is 2.92. The van der Waals surface area contributed by atoms with Crippen LogP contribution in [0.25, 0.3) is 0 Å². The topological polar surface area (TPSA) is 18.5 Å². The summed E-state index contributed by atoms with van der Waals surface area (Å²) in [5.74, 6) is 0.953. The molecule has 0 bridgehead atoms. The molecule has 0 aromatic heterocycles. The fourth-order valence-corrected chi connectivity index (χ4v) is 4.09. The number of alkyl halides is 1. The number of hydrogen-bond donors (Lipinski definition) is 0. The van der Waals surface area contributed by atoms with Crippen molar-refractivity contribution in [2.24, 2.45) is 5.41 Å². The van der Waals surface area contributed by atoms with Crippen LogP contribution >= 0.6 is 11.6 Å². The Hall–Kier alpha value is -0.730. The molecule has 0 heterocycles. The fourth-order valence-electron chi connectivity index (χ4n) is 3.57. The van der Waals surface area contributed by atoms with Crippen LogP contribution in [0.4, 0.5) is 0 Å². The van der Waals surface area contributed by atoms with Gasteiger partial charge in [-0.3, -0.25) is 0 Å². The molecule has 1 spiro atoms. The molecular weight excluding hydrogens is 260 g/mol. The standard InChI is InChI=1S/C16H21ClO2/c1-18-11-12-5-4-6-13(9-12)19-15-10-14(17)16(15)7-2-3-8-16/h4-6,9,14-15H,2-3,7-8,10-11H2,1H3. The number of methoxy groups -OCH3 is 1. The maximum atomic E-state index is 6.45. The normalized spacial score (nSPS) is 28.3. The number of hydrogen-bond acceptors (Lipinski definition) is 2. The first-order valence-electron chi connectivity index (χ1n) is 7.13. The second kappa shape index (κ2) is 5.34. The molecule has 1 aromatic rings. The van der Waals surface area contributed by atoms with E-state index >= 15 is 0 Å². The van der Waals surface area contributed by atoms with Crippen LogP contribution in [0.2, 0.25) is 0 Å². The summed E-state index contributed by atoms with van der Waals surface area (Å²) in [7, 11) is 1.71. The van der Waals surface area contributed by atoms with Crippen molar-refractivity contribution in [3.05, 3.63) is 29.8 Å². The highest BCUT2D eigenvalue weighted by atomic mass is 35.5. The predicted molar refractivity (Wildman–Crippen MR) is 76.7 cm³/mol. The molecule has 3 rings (SSSR count). The Morgan fingerprint density at radius 2 is 2.11 bits per heavy atom. The van der Waals surface area contributed by atoms with Crippen LogP contribution in [0.15, 0.2) is 24.3 Å². The summed E-state index contributed by atoms with van der Waals surface area (Å²) in [5.41, 5.74) is 1.40. The molecule has 0 N–H and O–H groups in total. The molecule has 1 aromatic carbocycles. The highest BCUT2D eigenvalue weighted by molar-refractivity contribution is 6.21. The van der Waals surface area contributed by atoms with Crippen molar-refractivity contribution in [3.8, 4) is 5.75 Å². The maximum absolute atomic E-state index is 6.45. The van der Waals surface area contributed by atoms with Crippen molar-refractivity contribution >= 4 is 11.6 Å². The molecule has 3 heteroatoms. The van der Waals surface area contributed by atoms with Gasteiger partial charge in [-0.05, 0) is 30.5 Å². The highest BCUT2D eigenvalue weighted by Gasteiger charge is 2.56. The van der Waals surface area contributed by atoms with E-state index in [4.69, 9.17) is 21.1 Å². The molecule has 2 aliphatic carbocycles. The smallest absolute Gasteiger partial charge is 0.120 e. The van der Waals surface area contributed by atoms with Gasteiger partial charge in [0.25, 0.3) is 0 Å². The Kier molecular flexibility index (Phi) is 3.72. The van der Waals surface area contributed by atoms with Crippen molar-refractivity contribution in [1.29, 1.82) is 0 Å². The predicted octanol–water partition coefficient (Wildman–Crippen LogP) is 4.15. The molecule has 0 saturated heterocycles. The summed E-state index contributed by atoms with van der Waals surface area (Å²) < 4.78 is 11.4. The first-order valence-corrected chi connectivity index (χ1v) is 7.57. The quantitative estimate of drug-likeness (QED) is 0.772. The fraction of sp³-hybridized carbons (Fsp3) is 0.625. The second-order valence-electron chi connectivity index (χ2n) is 5.83. The molecule has 19 heavy (non-hydrogen) atoms. The van der Waals surface area contributed by atoms with Crippen molar-refractivity contribution in [2.45, 2.75) is 50.2 Å². The Bertz CT molecular complexity index is 440. The van der Waals surface area contributed by atoms with Gasteiger partial charge in [-0.25, -0.2) is 0 Å². The molecule has 0 aliphatic heterocycles. The van der Waals surface area contributed by atoms with E-state index in [1.807, 2.05) is 12.1 Å². The largest absolute Gasteiger partial charge is 0.490 e. The van der Waals surface area contributed by atoms with Crippen LogP contribution in [0, 0.1) is 5.41 Å². The molecule has 104 valence electrons. The van der Waals surface area contributed by atoms with Crippen LogP contribution in [-0.4, -0.2) is 18.6 Å². The molecule has 0 radical (unpaired) electrons. The summed E-state index contributed by atoms with van der Waals surface area (Å²) in [6.07, 6.45) is 6.33. The molecule has 0 amide bonds. The number of halogens is 1. The van der Waals surface area contributed by atoms with E-state index in [0.717, 1.165) is 17.7 Å². The van der Waals surface area contributed by atoms with E-state index in [1.165, 1.54) is 25.7 Å². The van der Waals surface area contributed by atoms with E-state index in [0.29, 0.717) is 18.1 Å². The van der Waals surface area contributed by atoms with Gasteiger partial charge in [0.15, 0.2) is 0 Å². The minimum Gasteiger partial charge on any atom is -0.490 e. The lowest BCUT2D eigenvalue weighted by Crippen LogP contribution is -2.55. The van der Waals surface area contributed by atoms with Crippen molar-refractivity contribution < 1.29 is 9.47 Å². The molecule has 2 saturated carbocycles. The zero-order valence-electron chi connectivity index (χ0n) is 11.4. The lowest BCUT2D eigenvalue weighted by atomic mass is 9.64. The van der Waals surface area contributed by atoms with Gasteiger partial charge in [0, 0.05) is 24.3 Å². The minimum absolute atomic E-state index is 0.249. The van der Waals surface area contributed by atoms with Crippen molar-refractivity contribution in [1.82, 2.24) is 0 Å². The summed E-state index contributed by atoms with van der Waals surface area (Å²) in [4.78, 5) is 0. The van der Waals surface area contributed by atoms with Crippen LogP contribution in [0.3, 0.4) is 0 Å². The first kappa shape index (κ1) is 13.3. The monoisotopic (exact) mass is 280 g/mol. The summed E-state index contributed by atoms with van der Waals surface area (Å²) in [5, 5.41) is 0.308. The average molecular weight is 281 g/mol. The van der Waals surface area contributed by atoms with Crippen LogP contribution in [0.1, 0.15) is 37.7 Å². The van der Waals surface area contributed by atoms with Gasteiger partial charge in [0.2, 0.25) is 0 Å². The van der Waals surface area contributed by atoms with Gasteiger partial charge in [-0.2, -0.15) is 0 Å². The minimum atomic E-state index is 0.249.